The molecule has 2 fully saturated rings. The number of para-hydroxylation sites is 1. The van der Waals surface area contributed by atoms with Gasteiger partial charge in [-0.2, -0.15) is 0 Å². The fourth-order valence-electron chi connectivity index (χ4n) is 7.94. The molecule has 2 aromatic carbocycles. The van der Waals surface area contributed by atoms with Gasteiger partial charge in [0.25, 0.3) is 5.91 Å². The number of fused-ring (bicyclic) bond motifs is 2. The summed E-state index contributed by atoms with van der Waals surface area (Å²) in [7, 11) is 0. The van der Waals surface area contributed by atoms with Crippen LogP contribution in [0.2, 0.25) is 0 Å². The molecule has 0 saturated carbocycles. The molecule has 8 heteroatoms. The maximum absolute atomic E-state index is 14.9. The highest BCUT2D eigenvalue weighted by Gasteiger charge is 2.73. The number of likely N-dealkylation sites (tertiary alicyclic amines) is 1. The van der Waals surface area contributed by atoms with E-state index in [2.05, 4.69) is 25.2 Å². The average Bonchev–Trinajstić information content (AvgIpc) is 3.27. The number of anilines is 1. The molecule has 1 spiro atoms. The first-order valence-electron chi connectivity index (χ1n) is 15.9. The van der Waals surface area contributed by atoms with E-state index < -0.39 is 27.4 Å². The Balaban J connectivity index is 1.41. The van der Waals surface area contributed by atoms with Crippen molar-refractivity contribution in [2.45, 2.75) is 68.5 Å². The van der Waals surface area contributed by atoms with Gasteiger partial charge in [0.05, 0.1) is 16.6 Å². The van der Waals surface area contributed by atoms with E-state index in [9.17, 15) is 19.5 Å². The highest BCUT2D eigenvalue weighted by atomic mass is 32.2. The zero-order valence-corrected chi connectivity index (χ0v) is 26.8. The van der Waals surface area contributed by atoms with Crippen LogP contribution in [0, 0.1) is 25.7 Å². The SMILES string of the molecule is Cc1cccc(C)c1N1CC=C[C@]23S[C@@]4(C)C=CCN(Cc5ccccc5)C(=O)[C@H]4[C@H]2C(=O)N(CCCCCCO)C3C1=O. The summed E-state index contributed by atoms with van der Waals surface area (Å²) in [5.41, 5.74) is 3.98. The van der Waals surface area contributed by atoms with Crippen LogP contribution in [-0.4, -0.2) is 74.4 Å². The summed E-state index contributed by atoms with van der Waals surface area (Å²) in [5.74, 6) is -1.43. The zero-order chi connectivity index (χ0) is 31.1. The van der Waals surface area contributed by atoms with Gasteiger partial charge < -0.3 is 19.8 Å². The van der Waals surface area contributed by atoms with Crippen molar-refractivity contribution in [2.24, 2.45) is 11.8 Å². The van der Waals surface area contributed by atoms with Crippen LogP contribution in [0.1, 0.15) is 49.3 Å². The van der Waals surface area contributed by atoms with E-state index in [0.717, 1.165) is 48.1 Å². The smallest absolute Gasteiger partial charge is 0.251 e. The van der Waals surface area contributed by atoms with Crippen molar-refractivity contribution < 1.29 is 19.5 Å². The van der Waals surface area contributed by atoms with E-state index in [0.29, 0.717) is 26.2 Å². The number of carbonyl (C=O) groups excluding carboxylic acids is 3. The normalized spacial score (nSPS) is 29.5. The Morgan fingerprint density at radius 3 is 2.25 bits per heavy atom. The van der Waals surface area contributed by atoms with Crippen molar-refractivity contribution >= 4 is 35.2 Å². The van der Waals surface area contributed by atoms with Gasteiger partial charge in [0, 0.05) is 43.2 Å². The first-order chi connectivity index (χ1) is 21.2. The average molecular weight is 614 g/mol. The predicted octanol–water partition coefficient (Wildman–Crippen LogP) is 5.05. The molecule has 44 heavy (non-hydrogen) atoms. The van der Waals surface area contributed by atoms with Crippen LogP contribution < -0.4 is 4.90 Å². The van der Waals surface area contributed by atoms with Crippen LogP contribution in [0.15, 0.2) is 72.8 Å². The Labute approximate surface area is 265 Å². The molecular formula is C36H43N3O4S. The van der Waals surface area contributed by atoms with E-state index in [1.165, 1.54) is 0 Å². The first-order valence-corrected chi connectivity index (χ1v) is 16.7. The van der Waals surface area contributed by atoms with E-state index in [4.69, 9.17) is 0 Å². The van der Waals surface area contributed by atoms with Gasteiger partial charge in [0.1, 0.15) is 6.04 Å². The van der Waals surface area contributed by atoms with Gasteiger partial charge in [-0.05, 0) is 50.3 Å². The van der Waals surface area contributed by atoms with Crippen molar-refractivity contribution in [3.8, 4) is 0 Å². The molecule has 5 atom stereocenters. The molecule has 0 radical (unpaired) electrons. The summed E-state index contributed by atoms with van der Waals surface area (Å²) < 4.78 is -1.49. The summed E-state index contributed by atoms with van der Waals surface area (Å²) in [5, 5.41) is 9.26. The number of aliphatic hydroxyl groups excluding tert-OH is 1. The van der Waals surface area contributed by atoms with E-state index in [1.807, 2.05) is 78.3 Å². The number of benzene rings is 2. The van der Waals surface area contributed by atoms with Crippen LogP contribution in [-0.2, 0) is 20.9 Å². The number of rotatable bonds is 9. The van der Waals surface area contributed by atoms with Gasteiger partial charge in [-0.25, -0.2) is 0 Å². The lowest BCUT2D eigenvalue weighted by atomic mass is 9.74. The Bertz CT molecular complexity index is 1470. The Morgan fingerprint density at radius 2 is 1.52 bits per heavy atom. The molecule has 2 saturated heterocycles. The maximum Gasteiger partial charge on any atom is 0.251 e. The highest BCUT2D eigenvalue weighted by molar-refractivity contribution is 8.02. The molecule has 232 valence electrons. The summed E-state index contributed by atoms with van der Waals surface area (Å²) >= 11 is 1.64. The highest BCUT2D eigenvalue weighted by Crippen LogP contribution is 2.65. The van der Waals surface area contributed by atoms with Gasteiger partial charge in [0.15, 0.2) is 0 Å². The minimum absolute atomic E-state index is 0.0238. The van der Waals surface area contributed by atoms with E-state index >= 15 is 0 Å². The molecule has 1 unspecified atom stereocenters. The van der Waals surface area contributed by atoms with Crippen LogP contribution in [0.25, 0.3) is 0 Å². The summed E-state index contributed by atoms with van der Waals surface area (Å²) in [6, 6.07) is 15.3. The van der Waals surface area contributed by atoms with Crippen molar-refractivity contribution in [2.75, 3.05) is 31.1 Å². The number of unbranched alkanes of at least 4 members (excludes halogenated alkanes) is 3. The second-order valence-electron chi connectivity index (χ2n) is 12.9. The Morgan fingerprint density at radius 1 is 0.818 bits per heavy atom. The standard InChI is InChI=1S/C36H43N3O4S/c1-25-14-11-15-26(2)30(25)38-22-13-19-36-29(33(42)39(31(36)34(38)43)21-9-4-5-10-23-40)28-32(41)37(20-12-18-35(28,3)44-36)24-27-16-7-6-8-17-27/h6-8,11-19,28-29,31,40H,4-5,9-10,20-24H2,1-3H3/t28-,29+,31?,35+,36+/m1/s1. The first kappa shape index (κ1) is 30.7. The fraction of sp³-hybridized carbons (Fsp3) is 0.472. The van der Waals surface area contributed by atoms with Crippen molar-refractivity contribution in [1.82, 2.24) is 9.80 Å². The maximum atomic E-state index is 14.9. The van der Waals surface area contributed by atoms with Gasteiger partial charge in [-0.1, -0.05) is 85.7 Å². The minimum Gasteiger partial charge on any atom is -0.396 e. The largest absolute Gasteiger partial charge is 0.396 e. The predicted molar refractivity (Wildman–Crippen MR) is 175 cm³/mol. The van der Waals surface area contributed by atoms with Crippen LogP contribution in [0.5, 0.6) is 0 Å². The number of aliphatic hydroxyl groups is 1. The third-order valence-electron chi connectivity index (χ3n) is 9.87. The minimum atomic E-state index is -0.861. The molecular weight excluding hydrogens is 570 g/mol. The van der Waals surface area contributed by atoms with Gasteiger partial charge in [0.2, 0.25) is 11.8 Å². The van der Waals surface area contributed by atoms with Crippen LogP contribution >= 0.6 is 11.8 Å². The third-order valence-corrected chi connectivity index (χ3v) is 11.7. The Hall–Kier alpha value is -3.36. The summed E-state index contributed by atoms with van der Waals surface area (Å²) in [4.78, 5) is 49.6. The number of hydrogen-bond acceptors (Lipinski definition) is 5. The van der Waals surface area contributed by atoms with E-state index in [-0.39, 0.29) is 24.3 Å². The number of carbonyl (C=O) groups is 3. The molecule has 7 nitrogen and oxygen atoms in total. The molecule has 6 rings (SSSR count). The molecule has 4 heterocycles. The van der Waals surface area contributed by atoms with Gasteiger partial charge in [-0.15, -0.1) is 11.8 Å². The third kappa shape index (κ3) is 5.10. The monoisotopic (exact) mass is 613 g/mol. The molecule has 0 aromatic heterocycles. The fourth-order valence-corrected chi connectivity index (χ4v) is 10.1. The van der Waals surface area contributed by atoms with Gasteiger partial charge in [-0.3, -0.25) is 14.4 Å². The van der Waals surface area contributed by atoms with Gasteiger partial charge >= 0.3 is 0 Å². The molecule has 3 amide bonds. The number of thioether (sulfide) groups is 1. The van der Waals surface area contributed by atoms with Crippen molar-refractivity contribution in [3.05, 3.63) is 89.5 Å². The Kier molecular flexibility index (Phi) is 8.50. The molecule has 4 aliphatic rings. The molecule has 4 aliphatic heterocycles. The lowest BCUT2D eigenvalue weighted by Gasteiger charge is -2.37. The second-order valence-corrected chi connectivity index (χ2v) is 14.7. The number of aryl methyl sites for hydroxylation is 2. The molecule has 0 aliphatic carbocycles. The number of hydrogen-bond donors (Lipinski definition) is 1. The van der Waals surface area contributed by atoms with E-state index in [1.54, 1.807) is 16.7 Å². The summed E-state index contributed by atoms with van der Waals surface area (Å²) in [6.45, 7) is 8.10. The summed E-state index contributed by atoms with van der Waals surface area (Å²) in [6.07, 6.45) is 11.5. The van der Waals surface area contributed by atoms with Crippen LogP contribution in [0.4, 0.5) is 5.69 Å². The zero-order valence-electron chi connectivity index (χ0n) is 25.9. The quantitative estimate of drug-likeness (QED) is 0.317. The number of nitrogens with zero attached hydrogens (tertiary/aromatic N) is 3. The van der Waals surface area contributed by atoms with Crippen molar-refractivity contribution in [1.29, 1.82) is 0 Å². The topological polar surface area (TPSA) is 81.2 Å². The molecule has 1 N–H and O–H groups in total. The second kappa shape index (κ2) is 12.2. The van der Waals surface area contributed by atoms with Crippen LogP contribution in [0.3, 0.4) is 0 Å². The lowest BCUT2D eigenvalue weighted by Crippen LogP contribution is -2.53. The number of amides is 3. The molecule has 0 bridgehead atoms. The molecule has 2 aromatic rings. The van der Waals surface area contributed by atoms with Crippen molar-refractivity contribution in [3.63, 3.8) is 0 Å². The lowest BCUT2D eigenvalue weighted by molar-refractivity contribution is -0.144.